The number of hydrogen-bond acceptors (Lipinski definition) is 3. The molecule has 3 rings (SSSR count). The predicted octanol–water partition coefficient (Wildman–Crippen LogP) is 2.01. The SMILES string of the molecule is CN(Cc1cc2ccccc2n(C)c1=O)CC1(C)COC1. The first kappa shape index (κ1) is 14.3. The van der Waals surface area contributed by atoms with E-state index in [1.165, 1.54) is 0 Å². The number of hydrogen-bond donors (Lipinski definition) is 0. The maximum Gasteiger partial charge on any atom is 0.255 e. The van der Waals surface area contributed by atoms with Gasteiger partial charge >= 0.3 is 0 Å². The van der Waals surface area contributed by atoms with Gasteiger partial charge in [0.25, 0.3) is 5.56 Å². The topological polar surface area (TPSA) is 34.5 Å². The maximum atomic E-state index is 12.5. The highest BCUT2D eigenvalue weighted by molar-refractivity contribution is 5.79. The van der Waals surface area contributed by atoms with Crippen LogP contribution < -0.4 is 5.56 Å². The second-order valence-electron chi connectivity index (χ2n) is 6.57. The molecule has 0 N–H and O–H groups in total. The van der Waals surface area contributed by atoms with Crippen molar-refractivity contribution in [1.29, 1.82) is 0 Å². The van der Waals surface area contributed by atoms with Gasteiger partial charge in [-0.25, -0.2) is 0 Å². The molecule has 4 heteroatoms. The van der Waals surface area contributed by atoms with Crippen molar-refractivity contribution in [2.75, 3.05) is 26.8 Å². The number of nitrogens with zero attached hydrogens (tertiary/aromatic N) is 2. The minimum Gasteiger partial charge on any atom is -0.380 e. The molecular weight excluding hydrogens is 264 g/mol. The average molecular weight is 286 g/mol. The summed E-state index contributed by atoms with van der Waals surface area (Å²) in [5.41, 5.74) is 2.16. The third-order valence-electron chi connectivity index (χ3n) is 4.20. The Morgan fingerprint density at radius 2 is 2.05 bits per heavy atom. The molecule has 0 amide bonds. The number of benzene rings is 1. The molecule has 0 radical (unpaired) electrons. The minimum atomic E-state index is 0.0931. The predicted molar refractivity (Wildman–Crippen MR) is 84.4 cm³/mol. The number of aryl methyl sites for hydroxylation is 1. The Kier molecular flexibility index (Phi) is 3.59. The lowest BCUT2D eigenvalue weighted by Gasteiger charge is -2.40. The molecule has 0 saturated carbocycles. The van der Waals surface area contributed by atoms with Crippen LogP contribution in [0.2, 0.25) is 0 Å². The standard InChI is InChI=1S/C17H22N2O2/c1-17(11-21-12-17)10-18(2)9-14-8-13-6-4-5-7-15(13)19(3)16(14)20/h4-8H,9-12H2,1-3H3. The van der Waals surface area contributed by atoms with Gasteiger partial charge in [0.1, 0.15) is 0 Å². The van der Waals surface area contributed by atoms with Crippen molar-refractivity contribution in [2.45, 2.75) is 13.5 Å². The highest BCUT2D eigenvalue weighted by Crippen LogP contribution is 2.27. The second-order valence-corrected chi connectivity index (χ2v) is 6.57. The molecule has 0 bridgehead atoms. The molecule has 0 atom stereocenters. The molecule has 1 aromatic carbocycles. The second kappa shape index (κ2) is 5.28. The van der Waals surface area contributed by atoms with Crippen molar-refractivity contribution in [1.82, 2.24) is 9.47 Å². The zero-order valence-electron chi connectivity index (χ0n) is 12.9. The Labute approximate surface area is 124 Å². The molecule has 112 valence electrons. The van der Waals surface area contributed by atoms with Gasteiger partial charge < -0.3 is 14.2 Å². The third-order valence-corrected chi connectivity index (χ3v) is 4.20. The van der Waals surface area contributed by atoms with Gasteiger partial charge in [0, 0.05) is 31.1 Å². The van der Waals surface area contributed by atoms with E-state index in [9.17, 15) is 4.79 Å². The highest BCUT2D eigenvalue weighted by atomic mass is 16.5. The van der Waals surface area contributed by atoms with E-state index in [4.69, 9.17) is 4.74 Å². The number of pyridine rings is 1. The summed E-state index contributed by atoms with van der Waals surface area (Å²) in [4.78, 5) is 14.7. The first-order valence-corrected chi connectivity index (χ1v) is 7.32. The molecule has 1 aromatic heterocycles. The normalized spacial score (nSPS) is 17.1. The largest absolute Gasteiger partial charge is 0.380 e. The lowest BCUT2D eigenvalue weighted by molar-refractivity contribution is -0.113. The number of ether oxygens (including phenoxy) is 1. The summed E-state index contributed by atoms with van der Waals surface area (Å²) < 4.78 is 7.04. The van der Waals surface area contributed by atoms with Crippen molar-refractivity contribution >= 4 is 10.9 Å². The fourth-order valence-electron chi connectivity index (χ4n) is 3.14. The average Bonchev–Trinajstić information content (AvgIpc) is 2.43. The number of aromatic nitrogens is 1. The van der Waals surface area contributed by atoms with Gasteiger partial charge in [-0.05, 0) is 24.6 Å². The molecule has 4 nitrogen and oxygen atoms in total. The molecule has 0 unspecified atom stereocenters. The van der Waals surface area contributed by atoms with Crippen LogP contribution in [0, 0.1) is 5.41 Å². The van der Waals surface area contributed by atoms with E-state index < -0.39 is 0 Å². The van der Waals surface area contributed by atoms with Gasteiger partial charge in [0.15, 0.2) is 0 Å². The number of para-hydroxylation sites is 1. The van der Waals surface area contributed by atoms with Crippen LogP contribution in [0.1, 0.15) is 12.5 Å². The minimum absolute atomic E-state index is 0.0931. The van der Waals surface area contributed by atoms with E-state index in [0.717, 1.165) is 36.2 Å². The quantitative estimate of drug-likeness (QED) is 0.862. The zero-order valence-corrected chi connectivity index (χ0v) is 12.9. The number of fused-ring (bicyclic) bond motifs is 1. The molecule has 1 fully saturated rings. The first-order valence-electron chi connectivity index (χ1n) is 7.32. The smallest absolute Gasteiger partial charge is 0.255 e. The third kappa shape index (κ3) is 2.74. The molecule has 2 aromatic rings. The van der Waals surface area contributed by atoms with Crippen LogP contribution in [-0.2, 0) is 18.3 Å². The Balaban J connectivity index is 1.86. The Morgan fingerprint density at radius 3 is 2.71 bits per heavy atom. The highest BCUT2D eigenvalue weighted by Gasteiger charge is 2.34. The monoisotopic (exact) mass is 286 g/mol. The van der Waals surface area contributed by atoms with Gasteiger partial charge in [-0.2, -0.15) is 0 Å². The molecule has 1 saturated heterocycles. The summed E-state index contributed by atoms with van der Waals surface area (Å²) in [5.74, 6) is 0. The fraction of sp³-hybridized carbons (Fsp3) is 0.471. The Hall–Kier alpha value is -1.65. The van der Waals surface area contributed by atoms with Gasteiger partial charge in [0.2, 0.25) is 0 Å². The lowest BCUT2D eigenvalue weighted by atomic mass is 9.88. The first-order chi connectivity index (χ1) is 9.98. The summed E-state index contributed by atoms with van der Waals surface area (Å²) in [7, 11) is 3.91. The van der Waals surface area contributed by atoms with E-state index in [1.807, 2.05) is 31.3 Å². The summed E-state index contributed by atoms with van der Waals surface area (Å²) in [6, 6.07) is 10.0. The summed E-state index contributed by atoms with van der Waals surface area (Å²) >= 11 is 0. The van der Waals surface area contributed by atoms with E-state index in [1.54, 1.807) is 4.57 Å². The van der Waals surface area contributed by atoms with Crippen LogP contribution >= 0.6 is 0 Å². The van der Waals surface area contributed by atoms with E-state index in [0.29, 0.717) is 6.54 Å². The molecular formula is C17H22N2O2. The van der Waals surface area contributed by atoms with Crippen LogP contribution in [0.3, 0.4) is 0 Å². The zero-order chi connectivity index (χ0) is 15.0. The van der Waals surface area contributed by atoms with Crippen LogP contribution in [0.25, 0.3) is 10.9 Å². The van der Waals surface area contributed by atoms with Crippen LogP contribution in [0.4, 0.5) is 0 Å². The van der Waals surface area contributed by atoms with Crippen molar-refractivity contribution < 1.29 is 4.74 Å². The summed E-state index contributed by atoms with van der Waals surface area (Å²) in [6.07, 6.45) is 0. The molecule has 0 spiro atoms. The van der Waals surface area contributed by atoms with Gasteiger partial charge in [0.05, 0.1) is 18.7 Å². The molecule has 2 heterocycles. The fourth-order valence-corrected chi connectivity index (χ4v) is 3.14. The molecule has 0 aliphatic carbocycles. The lowest BCUT2D eigenvalue weighted by Crippen LogP contribution is -2.47. The van der Waals surface area contributed by atoms with Gasteiger partial charge in [-0.15, -0.1) is 0 Å². The van der Waals surface area contributed by atoms with Crippen molar-refractivity contribution in [3.05, 3.63) is 46.2 Å². The van der Waals surface area contributed by atoms with Crippen LogP contribution in [0.15, 0.2) is 35.1 Å². The van der Waals surface area contributed by atoms with Gasteiger partial charge in [-0.3, -0.25) is 4.79 Å². The Morgan fingerprint density at radius 1 is 1.33 bits per heavy atom. The van der Waals surface area contributed by atoms with Gasteiger partial charge in [-0.1, -0.05) is 25.1 Å². The van der Waals surface area contributed by atoms with Crippen molar-refractivity contribution in [2.24, 2.45) is 12.5 Å². The molecule has 21 heavy (non-hydrogen) atoms. The van der Waals surface area contributed by atoms with Crippen molar-refractivity contribution in [3.8, 4) is 0 Å². The Bertz CT molecular complexity index is 716. The summed E-state index contributed by atoms with van der Waals surface area (Å²) in [5, 5.41) is 1.11. The van der Waals surface area contributed by atoms with Crippen LogP contribution in [0.5, 0.6) is 0 Å². The van der Waals surface area contributed by atoms with Crippen molar-refractivity contribution in [3.63, 3.8) is 0 Å². The van der Waals surface area contributed by atoms with E-state index >= 15 is 0 Å². The summed E-state index contributed by atoms with van der Waals surface area (Å²) in [6.45, 7) is 5.47. The van der Waals surface area contributed by atoms with E-state index in [-0.39, 0.29) is 11.0 Å². The molecule has 1 aliphatic rings. The molecule has 1 aliphatic heterocycles. The van der Waals surface area contributed by atoms with E-state index in [2.05, 4.69) is 24.9 Å². The maximum absolute atomic E-state index is 12.5. The number of rotatable bonds is 4. The van der Waals surface area contributed by atoms with Crippen LogP contribution in [-0.4, -0.2) is 36.3 Å².